The van der Waals surface area contributed by atoms with Gasteiger partial charge in [0.05, 0.1) is 26.3 Å². The monoisotopic (exact) mass is 385 g/mol. The van der Waals surface area contributed by atoms with Crippen LogP contribution in [0.25, 0.3) is 0 Å². The lowest BCUT2D eigenvalue weighted by atomic mass is 9.97. The van der Waals surface area contributed by atoms with E-state index >= 15 is 0 Å². The van der Waals surface area contributed by atoms with Gasteiger partial charge in [0.25, 0.3) is 5.91 Å². The maximum absolute atomic E-state index is 12.5. The Hall–Kier alpha value is -3.36. The number of ether oxygens (including phenoxy) is 2. The van der Waals surface area contributed by atoms with Crippen molar-refractivity contribution in [3.63, 3.8) is 0 Å². The molecule has 2 aromatic rings. The van der Waals surface area contributed by atoms with Crippen LogP contribution in [0.15, 0.2) is 36.8 Å². The van der Waals surface area contributed by atoms with Gasteiger partial charge in [0, 0.05) is 31.0 Å². The minimum Gasteiger partial charge on any atom is -0.493 e. The van der Waals surface area contributed by atoms with Gasteiger partial charge in [-0.1, -0.05) is 0 Å². The molecule has 1 atom stereocenters. The Morgan fingerprint density at radius 2 is 1.96 bits per heavy atom. The second-order valence-electron chi connectivity index (χ2n) is 6.36. The van der Waals surface area contributed by atoms with Gasteiger partial charge >= 0.3 is 0 Å². The number of hydrazine groups is 1. The molecular weight excluding hydrogens is 362 g/mol. The van der Waals surface area contributed by atoms with E-state index in [1.807, 2.05) is 4.90 Å². The average Bonchev–Trinajstić information content (AvgIpc) is 2.77. The van der Waals surface area contributed by atoms with Crippen LogP contribution in [0, 0.1) is 5.92 Å². The normalized spacial score (nSPS) is 16.2. The van der Waals surface area contributed by atoms with E-state index in [1.54, 1.807) is 36.8 Å². The molecule has 0 saturated carbocycles. The summed E-state index contributed by atoms with van der Waals surface area (Å²) in [5, 5.41) is 0. The fourth-order valence-electron chi connectivity index (χ4n) is 3.12. The highest BCUT2D eigenvalue weighted by Gasteiger charge is 2.27. The van der Waals surface area contributed by atoms with Crippen molar-refractivity contribution >= 4 is 17.6 Å². The number of nitrogens with one attached hydrogen (secondary N) is 2. The van der Waals surface area contributed by atoms with E-state index in [2.05, 4.69) is 20.8 Å². The van der Waals surface area contributed by atoms with Gasteiger partial charge in [-0.25, -0.2) is 4.98 Å². The van der Waals surface area contributed by atoms with Gasteiger partial charge < -0.3 is 14.4 Å². The van der Waals surface area contributed by atoms with E-state index < -0.39 is 5.91 Å². The molecule has 0 radical (unpaired) electrons. The summed E-state index contributed by atoms with van der Waals surface area (Å²) in [5.41, 5.74) is 5.32. The number of anilines is 1. The third-order valence-corrected chi connectivity index (χ3v) is 4.61. The highest BCUT2D eigenvalue weighted by atomic mass is 16.5. The molecular formula is C19H23N5O4. The zero-order valence-electron chi connectivity index (χ0n) is 15.8. The number of carbonyl (C=O) groups is 2. The van der Waals surface area contributed by atoms with Crippen molar-refractivity contribution in [3.05, 3.63) is 42.4 Å². The summed E-state index contributed by atoms with van der Waals surface area (Å²) in [4.78, 5) is 35.2. The number of nitrogens with zero attached hydrogens (tertiary/aromatic N) is 3. The van der Waals surface area contributed by atoms with Crippen LogP contribution in [-0.4, -0.2) is 49.1 Å². The predicted molar refractivity (Wildman–Crippen MR) is 102 cm³/mol. The minimum atomic E-state index is -0.434. The topological polar surface area (TPSA) is 106 Å². The number of benzene rings is 1. The van der Waals surface area contributed by atoms with E-state index in [-0.39, 0.29) is 11.8 Å². The zero-order chi connectivity index (χ0) is 19.9. The number of hydrogen-bond donors (Lipinski definition) is 2. The first-order valence-corrected chi connectivity index (χ1v) is 8.95. The molecule has 0 spiro atoms. The standard InChI is InChI=1S/C19H23N5O4/c1-27-15-6-5-13(10-16(15)28-2)18(25)22-23-19(26)14-4-3-9-24(12-14)17-11-20-7-8-21-17/h5-8,10-11,14H,3-4,9,12H2,1-2H3,(H,22,25)(H,23,26)/t14-/m1/s1. The van der Waals surface area contributed by atoms with Crippen LogP contribution in [0.4, 0.5) is 5.82 Å². The second-order valence-corrected chi connectivity index (χ2v) is 6.36. The van der Waals surface area contributed by atoms with E-state index in [9.17, 15) is 9.59 Å². The third kappa shape index (κ3) is 4.48. The molecule has 1 aromatic carbocycles. The fourth-order valence-corrected chi connectivity index (χ4v) is 3.12. The zero-order valence-corrected chi connectivity index (χ0v) is 15.8. The van der Waals surface area contributed by atoms with Crippen LogP contribution in [0.3, 0.4) is 0 Å². The van der Waals surface area contributed by atoms with Crippen molar-refractivity contribution in [3.8, 4) is 11.5 Å². The Bertz CT molecular complexity index is 830. The summed E-state index contributed by atoms with van der Waals surface area (Å²) < 4.78 is 10.3. The molecule has 1 aliphatic heterocycles. The lowest BCUT2D eigenvalue weighted by molar-refractivity contribution is -0.126. The highest BCUT2D eigenvalue weighted by Crippen LogP contribution is 2.27. The summed E-state index contributed by atoms with van der Waals surface area (Å²) in [6, 6.07) is 4.78. The van der Waals surface area contributed by atoms with Crippen molar-refractivity contribution in [1.29, 1.82) is 0 Å². The summed E-state index contributed by atoms with van der Waals surface area (Å²) in [6.07, 6.45) is 6.52. The second kappa shape index (κ2) is 9.03. The van der Waals surface area contributed by atoms with Crippen LogP contribution in [0.5, 0.6) is 11.5 Å². The van der Waals surface area contributed by atoms with Crippen LogP contribution in [0.1, 0.15) is 23.2 Å². The number of methoxy groups -OCH3 is 2. The Kier molecular flexibility index (Phi) is 6.25. The number of rotatable bonds is 5. The lowest BCUT2D eigenvalue weighted by Gasteiger charge is -2.32. The Morgan fingerprint density at radius 1 is 1.14 bits per heavy atom. The molecule has 2 amide bonds. The van der Waals surface area contributed by atoms with Gasteiger partial charge in [0.15, 0.2) is 11.5 Å². The largest absolute Gasteiger partial charge is 0.493 e. The minimum absolute atomic E-state index is 0.234. The van der Waals surface area contributed by atoms with Crippen molar-refractivity contribution in [2.45, 2.75) is 12.8 Å². The van der Waals surface area contributed by atoms with Crippen LogP contribution < -0.4 is 25.2 Å². The molecule has 0 aliphatic carbocycles. The molecule has 1 saturated heterocycles. The van der Waals surface area contributed by atoms with Gasteiger partial charge in [-0.05, 0) is 31.0 Å². The van der Waals surface area contributed by atoms with E-state index in [4.69, 9.17) is 9.47 Å². The number of amides is 2. The van der Waals surface area contributed by atoms with Crippen LogP contribution >= 0.6 is 0 Å². The number of hydrogen-bond acceptors (Lipinski definition) is 7. The van der Waals surface area contributed by atoms with Crippen LogP contribution in [-0.2, 0) is 4.79 Å². The van der Waals surface area contributed by atoms with Crippen molar-refractivity contribution in [2.75, 3.05) is 32.2 Å². The summed E-state index contributed by atoms with van der Waals surface area (Å²) in [5.74, 6) is 0.789. The Labute approximate surface area is 163 Å². The van der Waals surface area contributed by atoms with Crippen molar-refractivity contribution in [1.82, 2.24) is 20.8 Å². The number of piperidine rings is 1. The van der Waals surface area contributed by atoms with Gasteiger partial charge in [0.2, 0.25) is 5.91 Å². The van der Waals surface area contributed by atoms with Gasteiger partial charge in [-0.15, -0.1) is 0 Å². The maximum Gasteiger partial charge on any atom is 0.269 e. The van der Waals surface area contributed by atoms with Crippen molar-refractivity contribution < 1.29 is 19.1 Å². The molecule has 3 rings (SSSR count). The third-order valence-electron chi connectivity index (χ3n) is 4.61. The van der Waals surface area contributed by atoms with Gasteiger partial charge in [-0.2, -0.15) is 0 Å². The summed E-state index contributed by atoms with van der Waals surface area (Å²) in [7, 11) is 3.01. The highest BCUT2D eigenvalue weighted by molar-refractivity contribution is 5.96. The first-order valence-electron chi connectivity index (χ1n) is 8.95. The molecule has 1 aromatic heterocycles. The van der Waals surface area contributed by atoms with Gasteiger partial charge in [0.1, 0.15) is 5.82 Å². The van der Waals surface area contributed by atoms with Gasteiger partial charge in [-0.3, -0.25) is 25.4 Å². The quantitative estimate of drug-likeness (QED) is 0.744. The smallest absolute Gasteiger partial charge is 0.269 e. The number of carbonyl (C=O) groups excluding carboxylic acids is 2. The molecule has 0 unspecified atom stereocenters. The predicted octanol–water partition coefficient (Wildman–Crippen LogP) is 1.17. The first kappa shape index (κ1) is 19.4. The lowest BCUT2D eigenvalue weighted by Crippen LogP contribution is -2.49. The summed E-state index contributed by atoms with van der Waals surface area (Å²) in [6.45, 7) is 1.34. The molecule has 1 fully saturated rings. The Morgan fingerprint density at radius 3 is 2.68 bits per heavy atom. The van der Waals surface area contributed by atoms with Crippen molar-refractivity contribution in [2.24, 2.45) is 5.92 Å². The molecule has 28 heavy (non-hydrogen) atoms. The fraction of sp³-hybridized carbons (Fsp3) is 0.368. The van der Waals surface area contributed by atoms with Crippen LogP contribution in [0.2, 0.25) is 0 Å². The SMILES string of the molecule is COc1ccc(C(=O)NNC(=O)[C@@H]2CCCN(c3cnccn3)C2)cc1OC. The molecule has 9 heteroatoms. The van der Waals surface area contributed by atoms with E-state index in [0.717, 1.165) is 25.2 Å². The molecule has 2 N–H and O–H groups in total. The summed E-state index contributed by atoms with van der Waals surface area (Å²) >= 11 is 0. The average molecular weight is 385 g/mol. The molecule has 0 bridgehead atoms. The Balaban J connectivity index is 1.57. The molecule has 1 aliphatic rings. The van der Waals surface area contributed by atoms with E-state index in [0.29, 0.717) is 23.6 Å². The first-order chi connectivity index (χ1) is 13.6. The molecule has 9 nitrogen and oxygen atoms in total. The molecule has 148 valence electrons. The molecule has 2 heterocycles. The van der Waals surface area contributed by atoms with E-state index in [1.165, 1.54) is 14.2 Å². The number of aromatic nitrogens is 2. The maximum atomic E-state index is 12.5.